The van der Waals surface area contributed by atoms with Crippen LogP contribution in [0.2, 0.25) is 5.02 Å². The normalized spacial score (nSPS) is 24.2. The first kappa shape index (κ1) is 15.3. The van der Waals surface area contributed by atoms with Gasteiger partial charge >= 0.3 is 5.97 Å². The van der Waals surface area contributed by atoms with E-state index in [2.05, 4.69) is 24.4 Å². The van der Waals surface area contributed by atoms with Gasteiger partial charge in [0.05, 0.1) is 11.6 Å². The second-order valence-corrected chi connectivity index (χ2v) is 6.96. The van der Waals surface area contributed by atoms with Crippen molar-refractivity contribution in [2.45, 2.75) is 25.3 Å². The number of aromatic carboxylic acids is 1. The topological polar surface area (TPSA) is 49.3 Å². The maximum Gasteiger partial charge on any atom is 0.335 e. The molecule has 0 aromatic heterocycles. The number of carboxylic acid groups (broad SMARTS) is 1. The van der Waals surface area contributed by atoms with Gasteiger partial charge in [-0.3, -0.25) is 0 Å². The molecule has 1 aliphatic heterocycles. The van der Waals surface area contributed by atoms with E-state index in [9.17, 15) is 4.79 Å². The fourth-order valence-corrected chi connectivity index (χ4v) is 4.26. The Labute approximate surface area is 146 Å². The molecule has 0 saturated heterocycles. The average Bonchev–Trinajstić information content (AvgIpc) is 3.07. The van der Waals surface area contributed by atoms with E-state index in [0.29, 0.717) is 17.4 Å². The molecule has 0 spiro atoms. The highest BCUT2D eigenvalue weighted by atomic mass is 35.5. The summed E-state index contributed by atoms with van der Waals surface area (Å²) in [5.74, 6) is -0.197. The lowest BCUT2D eigenvalue weighted by atomic mass is 9.76. The van der Waals surface area contributed by atoms with Crippen LogP contribution in [-0.4, -0.2) is 11.1 Å². The molecular weight excluding hydrogens is 322 g/mol. The predicted octanol–water partition coefficient (Wildman–Crippen LogP) is 5.17. The van der Waals surface area contributed by atoms with Crippen molar-refractivity contribution in [3.63, 3.8) is 0 Å². The van der Waals surface area contributed by atoms with Gasteiger partial charge in [-0.2, -0.15) is 0 Å². The molecule has 0 saturated carbocycles. The van der Waals surface area contributed by atoms with E-state index >= 15 is 0 Å². The lowest BCUT2D eigenvalue weighted by Gasteiger charge is -2.38. The van der Waals surface area contributed by atoms with E-state index in [1.165, 1.54) is 11.1 Å². The lowest BCUT2D eigenvalue weighted by Crippen LogP contribution is -2.29. The number of halogens is 1. The Morgan fingerprint density at radius 3 is 2.67 bits per heavy atom. The zero-order valence-electron chi connectivity index (χ0n) is 13.3. The van der Waals surface area contributed by atoms with Gasteiger partial charge in [-0.15, -0.1) is 0 Å². The molecule has 3 atom stereocenters. The largest absolute Gasteiger partial charge is 0.478 e. The van der Waals surface area contributed by atoms with Crippen molar-refractivity contribution in [3.8, 4) is 0 Å². The fraction of sp³-hybridized carbons (Fsp3) is 0.250. The number of allylic oxidation sites excluding steroid dienone is 2. The van der Waals surface area contributed by atoms with Gasteiger partial charge in [0.25, 0.3) is 0 Å². The first-order valence-electron chi connectivity index (χ1n) is 8.11. The van der Waals surface area contributed by atoms with Gasteiger partial charge in [0.1, 0.15) is 0 Å². The Morgan fingerprint density at radius 2 is 1.96 bits per heavy atom. The van der Waals surface area contributed by atoms with E-state index in [1.54, 1.807) is 12.1 Å². The van der Waals surface area contributed by atoms with Gasteiger partial charge in [0, 0.05) is 22.2 Å². The zero-order chi connectivity index (χ0) is 16.8. The summed E-state index contributed by atoms with van der Waals surface area (Å²) in [5, 5.41) is 13.6. The maximum absolute atomic E-state index is 11.1. The highest BCUT2D eigenvalue weighted by molar-refractivity contribution is 6.32. The number of aryl methyl sites for hydroxylation is 1. The third-order valence-electron chi connectivity index (χ3n) is 5.19. The zero-order valence-corrected chi connectivity index (χ0v) is 14.0. The van der Waals surface area contributed by atoms with Gasteiger partial charge < -0.3 is 10.4 Å². The van der Waals surface area contributed by atoms with Gasteiger partial charge in [-0.05, 0) is 48.6 Å². The number of benzene rings is 2. The van der Waals surface area contributed by atoms with Crippen molar-refractivity contribution in [2.75, 3.05) is 5.32 Å². The van der Waals surface area contributed by atoms with Crippen LogP contribution in [0.3, 0.4) is 0 Å². The average molecular weight is 340 g/mol. The Morgan fingerprint density at radius 1 is 1.21 bits per heavy atom. The molecule has 2 aromatic carbocycles. The van der Waals surface area contributed by atoms with Crippen LogP contribution < -0.4 is 5.32 Å². The van der Waals surface area contributed by atoms with Crippen LogP contribution in [0.25, 0.3) is 0 Å². The summed E-state index contributed by atoms with van der Waals surface area (Å²) < 4.78 is 0. The van der Waals surface area contributed by atoms with E-state index in [1.807, 2.05) is 24.3 Å². The smallest absolute Gasteiger partial charge is 0.335 e. The van der Waals surface area contributed by atoms with E-state index in [4.69, 9.17) is 16.7 Å². The molecule has 2 unspecified atom stereocenters. The first-order valence-corrected chi connectivity index (χ1v) is 8.49. The summed E-state index contributed by atoms with van der Waals surface area (Å²) in [6.07, 6.45) is 5.48. The summed E-state index contributed by atoms with van der Waals surface area (Å²) in [7, 11) is 0. The molecule has 2 N–H and O–H groups in total. The molecular formula is C20H18ClNO2. The molecule has 0 radical (unpaired) electrons. The van der Waals surface area contributed by atoms with Crippen molar-refractivity contribution in [3.05, 3.63) is 75.8 Å². The summed E-state index contributed by atoms with van der Waals surface area (Å²) >= 11 is 6.49. The highest BCUT2D eigenvalue weighted by Crippen LogP contribution is 2.52. The predicted molar refractivity (Wildman–Crippen MR) is 95.9 cm³/mol. The molecule has 1 aliphatic carbocycles. The van der Waals surface area contributed by atoms with Crippen LogP contribution in [0.1, 0.15) is 45.4 Å². The Bertz CT molecular complexity index is 841. The van der Waals surface area contributed by atoms with Crippen LogP contribution in [-0.2, 0) is 0 Å². The third kappa shape index (κ3) is 2.31. The second-order valence-electron chi connectivity index (χ2n) is 6.56. The molecule has 4 heteroatoms. The highest BCUT2D eigenvalue weighted by Gasteiger charge is 2.39. The number of carbonyl (C=O) groups is 1. The summed E-state index contributed by atoms with van der Waals surface area (Å²) in [6, 6.07) is 11.4. The molecule has 0 amide bonds. The van der Waals surface area contributed by atoms with Crippen LogP contribution in [0.5, 0.6) is 0 Å². The summed E-state index contributed by atoms with van der Waals surface area (Å²) in [4.78, 5) is 11.1. The number of fused-ring (bicyclic) bond motifs is 3. The molecule has 4 rings (SSSR count). The van der Waals surface area contributed by atoms with E-state index in [0.717, 1.165) is 22.7 Å². The maximum atomic E-state index is 11.1. The molecule has 3 nitrogen and oxygen atoms in total. The number of hydrogen-bond donors (Lipinski definition) is 2. The van der Waals surface area contributed by atoms with Gasteiger partial charge in [-0.1, -0.05) is 42.0 Å². The monoisotopic (exact) mass is 339 g/mol. The number of rotatable bonds is 2. The molecule has 0 bridgehead atoms. The minimum absolute atomic E-state index is 0.150. The Kier molecular flexibility index (Phi) is 3.61. The van der Waals surface area contributed by atoms with Gasteiger partial charge in [0.15, 0.2) is 0 Å². The number of nitrogens with one attached hydrogen (secondary N) is 1. The minimum atomic E-state index is -0.897. The summed E-state index contributed by atoms with van der Waals surface area (Å²) in [6.45, 7) is 2.09. The van der Waals surface area contributed by atoms with Crippen molar-refractivity contribution in [2.24, 2.45) is 5.92 Å². The van der Waals surface area contributed by atoms with Crippen LogP contribution in [0.4, 0.5) is 5.69 Å². The quantitative estimate of drug-likeness (QED) is 0.742. The van der Waals surface area contributed by atoms with Crippen molar-refractivity contribution in [1.82, 2.24) is 0 Å². The Hall–Kier alpha value is -2.26. The van der Waals surface area contributed by atoms with Crippen molar-refractivity contribution < 1.29 is 9.90 Å². The Balaban J connectivity index is 1.78. The molecule has 122 valence electrons. The number of carboxylic acids is 1. The van der Waals surface area contributed by atoms with E-state index in [-0.39, 0.29) is 6.04 Å². The van der Waals surface area contributed by atoms with Crippen molar-refractivity contribution >= 4 is 23.3 Å². The van der Waals surface area contributed by atoms with E-state index < -0.39 is 5.97 Å². The van der Waals surface area contributed by atoms with Gasteiger partial charge in [-0.25, -0.2) is 4.79 Å². The minimum Gasteiger partial charge on any atom is -0.478 e. The fourth-order valence-electron chi connectivity index (χ4n) is 3.97. The standard InChI is InChI=1S/C20H18ClNO2/c1-11-5-10-16(21)17-14-3-2-4-15(14)19(22-18(11)17)12-6-8-13(9-7-12)20(23)24/h2-3,5-10,14-15,19,22H,4H2,1H3,(H,23,24)/t14?,15?,19-/m1/s1. The van der Waals surface area contributed by atoms with Crippen molar-refractivity contribution in [1.29, 1.82) is 0 Å². The molecule has 1 heterocycles. The molecule has 24 heavy (non-hydrogen) atoms. The second kappa shape index (κ2) is 5.67. The molecule has 0 fully saturated rings. The molecule has 2 aliphatic rings. The van der Waals surface area contributed by atoms with Crippen LogP contribution >= 0.6 is 11.6 Å². The SMILES string of the molecule is Cc1ccc(Cl)c2c1N[C@H](c1ccc(C(=O)O)cc1)C1CC=CC21. The van der Waals surface area contributed by atoms with Crippen LogP contribution in [0.15, 0.2) is 48.6 Å². The third-order valence-corrected chi connectivity index (χ3v) is 5.52. The summed E-state index contributed by atoms with van der Waals surface area (Å²) in [5.41, 5.74) is 4.91. The first-order chi connectivity index (χ1) is 11.6. The number of anilines is 1. The molecule has 2 aromatic rings. The van der Waals surface area contributed by atoms with Gasteiger partial charge in [0.2, 0.25) is 0 Å². The van der Waals surface area contributed by atoms with Crippen LogP contribution in [0, 0.1) is 12.8 Å². The number of hydrogen-bond acceptors (Lipinski definition) is 2. The lowest BCUT2D eigenvalue weighted by molar-refractivity contribution is 0.0697.